The van der Waals surface area contributed by atoms with Gasteiger partial charge < -0.3 is 15.1 Å². The second kappa shape index (κ2) is 6.03. The van der Waals surface area contributed by atoms with E-state index < -0.39 is 5.60 Å². The first kappa shape index (κ1) is 15.8. The van der Waals surface area contributed by atoms with Gasteiger partial charge in [0.15, 0.2) is 0 Å². The number of β-amino-alcohol motifs (C(OH)–C–C–N with tert-alkyl or cyclic N) is 1. The SMILES string of the molecule is Cc1cccc(C(=O)N2CCN(CC(C)(C)O)CC2)c1O. The Morgan fingerprint density at radius 1 is 1.24 bits per heavy atom. The highest BCUT2D eigenvalue weighted by Gasteiger charge is 2.26. The first-order chi connectivity index (χ1) is 9.78. The number of rotatable bonds is 3. The standard InChI is InChI=1S/C16H24N2O3/c1-12-5-4-6-13(14(12)19)15(20)18-9-7-17(8-10-18)11-16(2,3)21/h4-6,19,21H,7-11H2,1-3H3. The Bertz CT molecular complexity index is 515. The summed E-state index contributed by atoms with van der Waals surface area (Å²) in [6.45, 7) is 8.66. The van der Waals surface area contributed by atoms with Crippen molar-refractivity contribution in [3.05, 3.63) is 29.3 Å². The molecule has 0 saturated carbocycles. The lowest BCUT2D eigenvalue weighted by Crippen LogP contribution is -2.52. The number of carbonyl (C=O) groups excluding carboxylic acids is 1. The minimum Gasteiger partial charge on any atom is -0.507 e. The van der Waals surface area contributed by atoms with Gasteiger partial charge in [0.05, 0.1) is 11.2 Å². The number of aryl methyl sites for hydroxylation is 1. The Balaban J connectivity index is 1.99. The summed E-state index contributed by atoms with van der Waals surface area (Å²) in [5.74, 6) is -0.0551. The van der Waals surface area contributed by atoms with E-state index in [0.29, 0.717) is 30.8 Å². The summed E-state index contributed by atoms with van der Waals surface area (Å²) in [7, 11) is 0. The zero-order valence-corrected chi connectivity index (χ0v) is 13.0. The van der Waals surface area contributed by atoms with Gasteiger partial charge in [-0.25, -0.2) is 0 Å². The minimum absolute atomic E-state index is 0.0708. The molecule has 0 unspecified atom stereocenters. The third-order valence-corrected chi connectivity index (χ3v) is 3.74. The van der Waals surface area contributed by atoms with E-state index in [1.165, 1.54) is 0 Å². The summed E-state index contributed by atoms with van der Waals surface area (Å²) in [4.78, 5) is 16.4. The number of aromatic hydroxyl groups is 1. The van der Waals surface area contributed by atoms with Gasteiger partial charge in [-0.2, -0.15) is 0 Å². The molecule has 1 aromatic carbocycles. The van der Waals surface area contributed by atoms with E-state index in [0.717, 1.165) is 13.1 Å². The molecule has 1 amide bonds. The highest BCUT2D eigenvalue weighted by molar-refractivity contribution is 5.97. The summed E-state index contributed by atoms with van der Waals surface area (Å²) in [6.07, 6.45) is 0. The lowest BCUT2D eigenvalue weighted by molar-refractivity contribution is 0.0178. The predicted molar refractivity (Wildman–Crippen MR) is 81.5 cm³/mol. The van der Waals surface area contributed by atoms with Gasteiger partial charge >= 0.3 is 0 Å². The molecule has 1 fully saturated rings. The van der Waals surface area contributed by atoms with Crippen molar-refractivity contribution >= 4 is 5.91 Å². The maximum atomic E-state index is 12.5. The van der Waals surface area contributed by atoms with E-state index in [2.05, 4.69) is 4.90 Å². The van der Waals surface area contributed by atoms with Crippen molar-refractivity contribution in [3.8, 4) is 5.75 Å². The molecule has 0 aromatic heterocycles. The first-order valence-electron chi connectivity index (χ1n) is 7.30. The number of benzene rings is 1. The molecule has 5 heteroatoms. The molecule has 0 aliphatic carbocycles. The van der Waals surface area contributed by atoms with Gasteiger partial charge in [0.2, 0.25) is 0 Å². The van der Waals surface area contributed by atoms with Crippen molar-refractivity contribution in [1.29, 1.82) is 0 Å². The molecule has 1 aliphatic heterocycles. The van der Waals surface area contributed by atoms with E-state index >= 15 is 0 Å². The number of hydrogen-bond donors (Lipinski definition) is 2. The zero-order valence-electron chi connectivity index (χ0n) is 13.0. The van der Waals surface area contributed by atoms with Crippen molar-refractivity contribution in [3.63, 3.8) is 0 Å². The van der Waals surface area contributed by atoms with Crippen LogP contribution in [0.25, 0.3) is 0 Å². The molecule has 0 radical (unpaired) electrons. The highest BCUT2D eigenvalue weighted by atomic mass is 16.3. The molecule has 5 nitrogen and oxygen atoms in total. The maximum absolute atomic E-state index is 12.5. The number of phenols is 1. The topological polar surface area (TPSA) is 64.0 Å². The van der Waals surface area contributed by atoms with Crippen LogP contribution in [-0.2, 0) is 0 Å². The molecule has 1 heterocycles. The van der Waals surface area contributed by atoms with Crippen LogP contribution in [0.5, 0.6) is 5.75 Å². The van der Waals surface area contributed by atoms with E-state index in [4.69, 9.17) is 0 Å². The molecular weight excluding hydrogens is 268 g/mol. The fourth-order valence-corrected chi connectivity index (χ4v) is 2.66. The van der Waals surface area contributed by atoms with Crippen molar-refractivity contribution in [2.24, 2.45) is 0 Å². The van der Waals surface area contributed by atoms with Crippen molar-refractivity contribution < 1.29 is 15.0 Å². The molecule has 21 heavy (non-hydrogen) atoms. The molecule has 1 saturated heterocycles. The number of para-hydroxylation sites is 1. The molecule has 0 atom stereocenters. The lowest BCUT2D eigenvalue weighted by Gasteiger charge is -2.37. The Hall–Kier alpha value is -1.59. The van der Waals surface area contributed by atoms with Gasteiger partial charge in [-0.05, 0) is 32.4 Å². The van der Waals surface area contributed by atoms with Gasteiger partial charge in [0.1, 0.15) is 5.75 Å². The summed E-state index contributed by atoms with van der Waals surface area (Å²) < 4.78 is 0. The molecule has 1 aromatic rings. The van der Waals surface area contributed by atoms with E-state index in [1.807, 2.05) is 0 Å². The van der Waals surface area contributed by atoms with Crippen LogP contribution in [0.4, 0.5) is 0 Å². The number of piperazine rings is 1. The quantitative estimate of drug-likeness (QED) is 0.879. The van der Waals surface area contributed by atoms with Crippen LogP contribution < -0.4 is 0 Å². The average Bonchev–Trinajstić information content (AvgIpc) is 2.40. The second-order valence-corrected chi connectivity index (χ2v) is 6.35. The van der Waals surface area contributed by atoms with Gasteiger partial charge in [0.25, 0.3) is 5.91 Å². The Morgan fingerprint density at radius 3 is 2.43 bits per heavy atom. The Labute approximate surface area is 125 Å². The summed E-state index contributed by atoms with van der Waals surface area (Å²) in [5.41, 5.74) is 0.355. The third kappa shape index (κ3) is 3.95. The Kier molecular flexibility index (Phi) is 4.54. The third-order valence-electron chi connectivity index (χ3n) is 3.74. The van der Waals surface area contributed by atoms with Gasteiger partial charge in [0, 0.05) is 32.7 Å². The fourth-order valence-electron chi connectivity index (χ4n) is 2.66. The van der Waals surface area contributed by atoms with Crippen LogP contribution in [-0.4, -0.2) is 64.2 Å². The first-order valence-corrected chi connectivity index (χ1v) is 7.30. The predicted octanol–water partition coefficient (Wildman–Crippen LogP) is 1.23. The van der Waals surface area contributed by atoms with Gasteiger partial charge in [-0.15, -0.1) is 0 Å². The van der Waals surface area contributed by atoms with Crippen molar-refractivity contribution in [2.75, 3.05) is 32.7 Å². The molecular formula is C16H24N2O3. The Morgan fingerprint density at radius 2 is 1.86 bits per heavy atom. The molecule has 0 bridgehead atoms. The van der Waals surface area contributed by atoms with Crippen molar-refractivity contribution in [1.82, 2.24) is 9.80 Å². The largest absolute Gasteiger partial charge is 0.507 e. The maximum Gasteiger partial charge on any atom is 0.257 e. The van der Waals surface area contributed by atoms with Crippen LogP contribution in [0, 0.1) is 6.92 Å². The lowest BCUT2D eigenvalue weighted by atomic mass is 10.1. The summed E-state index contributed by atoms with van der Waals surface area (Å²) in [5, 5.41) is 19.8. The van der Waals surface area contributed by atoms with E-state index in [1.54, 1.807) is 43.9 Å². The van der Waals surface area contributed by atoms with Crippen LogP contribution in [0.15, 0.2) is 18.2 Å². The molecule has 0 spiro atoms. The molecule has 1 aliphatic rings. The van der Waals surface area contributed by atoms with E-state index in [-0.39, 0.29) is 11.7 Å². The summed E-state index contributed by atoms with van der Waals surface area (Å²) in [6, 6.07) is 5.23. The highest BCUT2D eigenvalue weighted by Crippen LogP contribution is 2.23. The number of phenolic OH excluding ortho intramolecular Hbond substituents is 1. The average molecular weight is 292 g/mol. The van der Waals surface area contributed by atoms with Crippen LogP contribution >= 0.6 is 0 Å². The second-order valence-electron chi connectivity index (χ2n) is 6.35. The molecule has 116 valence electrons. The number of aliphatic hydroxyl groups is 1. The monoisotopic (exact) mass is 292 g/mol. The minimum atomic E-state index is -0.721. The van der Waals surface area contributed by atoms with Crippen molar-refractivity contribution in [2.45, 2.75) is 26.4 Å². The van der Waals surface area contributed by atoms with Crippen LogP contribution in [0.3, 0.4) is 0 Å². The van der Waals surface area contributed by atoms with Gasteiger partial charge in [-0.3, -0.25) is 9.69 Å². The zero-order chi connectivity index (χ0) is 15.6. The summed E-state index contributed by atoms with van der Waals surface area (Å²) >= 11 is 0. The van der Waals surface area contributed by atoms with Crippen LogP contribution in [0.2, 0.25) is 0 Å². The smallest absolute Gasteiger partial charge is 0.257 e. The molecule has 2 N–H and O–H groups in total. The van der Waals surface area contributed by atoms with Gasteiger partial charge in [-0.1, -0.05) is 12.1 Å². The van der Waals surface area contributed by atoms with Crippen LogP contribution in [0.1, 0.15) is 29.8 Å². The molecule has 2 rings (SSSR count). The number of amides is 1. The fraction of sp³-hybridized carbons (Fsp3) is 0.562. The number of nitrogens with zero attached hydrogens (tertiary/aromatic N) is 2. The van der Waals surface area contributed by atoms with E-state index in [9.17, 15) is 15.0 Å². The number of carbonyl (C=O) groups is 1. The number of hydrogen-bond acceptors (Lipinski definition) is 4. The normalized spacial score (nSPS) is 17.0.